The summed E-state index contributed by atoms with van der Waals surface area (Å²) >= 11 is 0. The minimum absolute atomic E-state index is 1.12. The zero-order chi connectivity index (χ0) is 32.7. The van der Waals surface area contributed by atoms with Gasteiger partial charge in [-0.15, -0.1) is 0 Å². The van der Waals surface area contributed by atoms with Gasteiger partial charge in [-0.3, -0.25) is 0 Å². The maximum atomic E-state index is 2.34. The monoisotopic (exact) mass is 618 g/mol. The van der Waals surface area contributed by atoms with Crippen molar-refractivity contribution in [3.05, 3.63) is 194 Å². The Morgan fingerprint density at radius 2 is 0.583 bits per heavy atom. The lowest BCUT2D eigenvalue weighted by molar-refractivity contribution is 1.29. The molecule has 0 aliphatic rings. The van der Waals surface area contributed by atoms with E-state index in [4.69, 9.17) is 0 Å². The highest BCUT2D eigenvalue weighted by atomic mass is 15.1. The van der Waals surface area contributed by atoms with Gasteiger partial charge in [-0.2, -0.15) is 0 Å². The molecule has 2 nitrogen and oxygen atoms in total. The molecule has 8 rings (SSSR count). The van der Waals surface area contributed by atoms with Gasteiger partial charge in [0.2, 0.25) is 0 Å². The Hall–Kier alpha value is -6.12. The molecule has 0 amide bonds. The minimum Gasteiger partial charge on any atom is -0.310 e. The Morgan fingerprint density at radius 1 is 0.271 bits per heavy atom. The third kappa shape index (κ3) is 6.04. The van der Waals surface area contributed by atoms with Crippen LogP contribution in [0.25, 0.3) is 32.7 Å². The van der Waals surface area contributed by atoms with Crippen LogP contribution in [0.3, 0.4) is 0 Å². The van der Waals surface area contributed by atoms with Gasteiger partial charge < -0.3 is 9.80 Å². The van der Waals surface area contributed by atoms with Crippen LogP contribution in [0.4, 0.5) is 34.1 Å². The number of anilines is 6. The molecule has 48 heavy (non-hydrogen) atoms. The predicted molar refractivity (Wildman–Crippen MR) is 208 cm³/mol. The van der Waals surface area contributed by atoms with E-state index in [0.717, 1.165) is 34.1 Å². The molecule has 0 aliphatic heterocycles. The second kappa shape index (κ2) is 14.1. The summed E-state index contributed by atoms with van der Waals surface area (Å²) < 4.78 is 0. The van der Waals surface area contributed by atoms with Crippen molar-refractivity contribution < 1.29 is 0 Å². The lowest BCUT2D eigenvalue weighted by Gasteiger charge is -2.27. The standard InChI is InChI=1S/C44H32N2.C2H6/c1-3-17-37(18-4-1)45(43-23-11-15-35-13-7-9-21-41(35)43)39-29-25-33(26-30-39)34-27-31-40(32-28-34)46(38-19-5-2-6-20-38)44-24-12-16-36-14-8-10-22-42(36)44;1-2/h1-32H;1-2H3. The van der Waals surface area contributed by atoms with E-state index in [1.165, 1.54) is 32.7 Å². The topological polar surface area (TPSA) is 6.48 Å². The molecule has 0 atom stereocenters. The predicted octanol–water partition coefficient (Wildman–Crippen LogP) is 13.6. The zero-order valence-electron chi connectivity index (χ0n) is 27.4. The van der Waals surface area contributed by atoms with Crippen LogP contribution < -0.4 is 9.80 Å². The third-order valence-corrected chi connectivity index (χ3v) is 8.63. The van der Waals surface area contributed by atoms with Gasteiger partial charge in [0.1, 0.15) is 0 Å². The summed E-state index contributed by atoms with van der Waals surface area (Å²) in [5, 5.41) is 4.90. The van der Waals surface area contributed by atoms with Crippen LogP contribution in [0.5, 0.6) is 0 Å². The Morgan fingerprint density at radius 3 is 0.979 bits per heavy atom. The molecule has 0 spiro atoms. The maximum absolute atomic E-state index is 2.34. The average Bonchev–Trinajstić information content (AvgIpc) is 3.17. The van der Waals surface area contributed by atoms with Crippen molar-refractivity contribution in [3.8, 4) is 11.1 Å². The number of benzene rings is 8. The lowest BCUT2D eigenvalue weighted by Crippen LogP contribution is -2.10. The molecule has 0 bridgehead atoms. The van der Waals surface area contributed by atoms with E-state index in [0.29, 0.717) is 0 Å². The molecule has 0 unspecified atom stereocenters. The molecule has 0 fully saturated rings. The molecule has 0 heterocycles. The fourth-order valence-corrected chi connectivity index (χ4v) is 6.42. The number of rotatable bonds is 7. The van der Waals surface area contributed by atoms with Crippen LogP contribution in [0, 0.1) is 0 Å². The molecule has 0 saturated carbocycles. The number of nitrogens with zero attached hydrogens (tertiary/aromatic N) is 2. The molecule has 8 aromatic carbocycles. The Bertz CT molecular complexity index is 2070. The highest BCUT2D eigenvalue weighted by Crippen LogP contribution is 2.41. The number of para-hydroxylation sites is 2. The fourth-order valence-electron chi connectivity index (χ4n) is 6.42. The van der Waals surface area contributed by atoms with Gasteiger partial charge in [0.25, 0.3) is 0 Å². The Kier molecular flexibility index (Phi) is 8.97. The molecule has 0 N–H and O–H groups in total. The van der Waals surface area contributed by atoms with Crippen molar-refractivity contribution in [2.45, 2.75) is 13.8 Å². The summed E-state index contributed by atoms with van der Waals surface area (Å²) in [7, 11) is 0. The van der Waals surface area contributed by atoms with Gasteiger partial charge in [-0.25, -0.2) is 0 Å². The fraction of sp³-hybridized carbons (Fsp3) is 0.0435. The molecule has 0 radical (unpaired) electrons. The average molecular weight is 619 g/mol. The molecular weight excluding hydrogens is 581 g/mol. The summed E-state index contributed by atoms with van der Waals surface area (Å²) in [5.41, 5.74) is 9.18. The highest BCUT2D eigenvalue weighted by molar-refractivity contribution is 6.00. The van der Waals surface area contributed by atoms with E-state index in [2.05, 4.69) is 204 Å². The summed E-state index contributed by atoms with van der Waals surface area (Å²) in [5.74, 6) is 0. The molecule has 232 valence electrons. The SMILES string of the molecule is CC.c1ccc(N(c2ccc(-c3ccc(N(c4ccccc4)c4cccc5ccccc45)cc3)cc2)c2cccc3ccccc23)cc1. The summed E-state index contributed by atoms with van der Waals surface area (Å²) in [6.45, 7) is 4.00. The first-order valence-corrected chi connectivity index (χ1v) is 16.7. The minimum atomic E-state index is 1.12. The molecule has 0 aromatic heterocycles. The maximum Gasteiger partial charge on any atom is 0.0540 e. The second-order valence-electron chi connectivity index (χ2n) is 11.4. The van der Waals surface area contributed by atoms with Crippen LogP contribution in [0.1, 0.15) is 13.8 Å². The first-order valence-electron chi connectivity index (χ1n) is 16.7. The zero-order valence-corrected chi connectivity index (χ0v) is 27.4. The Labute approximate surface area is 283 Å². The first kappa shape index (κ1) is 30.5. The van der Waals surface area contributed by atoms with Gasteiger partial charge >= 0.3 is 0 Å². The van der Waals surface area contributed by atoms with Crippen LogP contribution in [0.2, 0.25) is 0 Å². The number of hydrogen-bond acceptors (Lipinski definition) is 2. The van der Waals surface area contributed by atoms with Crippen molar-refractivity contribution in [1.29, 1.82) is 0 Å². The van der Waals surface area contributed by atoms with E-state index in [9.17, 15) is 0 Å². The highest BCUT2D eigenvalue weighted by Gasteiger charge is 2.17. The van der Waals surface area contributed by atoms with Crippen LogP contribution >= 0.6 is 0 Å². The Balaban J connectivity index is 0.00000179. The molecule has 2 heteroatoms. The largest absolute Gasteiger partial charge is 0.310 e. The van der Waals surface area contributed by atoms with Crippen molar-refractivity contribution in [1.82, 2.24) is 0 Å². The van der Waals surface area contributed by atoms with Gasteiger partial charge in [0.05, 0.1) is 11.4 Å². The number of fused-ring (bicyclic) bond motifs is 2. The van der Waals surface area contributed by atoms with Crippen molar-refractivity contribution in [3.63, 3.8) is 0 Å². The van der Waals surface area contributed by atoms with Crippen LogP contribution in [-0.2, 0) is 0 Å². The third-order valence-electron chi connectivity index (χ3n) is 8.63. The van der Waals surface area contributed by atoms with Gasteiger partial charge in [0.15, 0.2) is 0 Å². The van der Waals surface area contributed by atoms with Crippen LogP contribution in [-0.4, -0.2) is 0 Å². The van der Waals surface area contributed by atoms with E-state index in [1.807, 2.05) is 13.8 Å². The first-order chi connectivity index (χ1) is 23.8. The van der Waals surface area contributed by atoms with Crippen molar-refractivity contribution in [2.75, 3.05) is 9.80 Å². The van der Waals surface area contributed by atoms with Crippen LogP contribution in [0.15, 0.2) is 194 Å². The normalized spacial score (nSPS) is 10.7. The molecule has 0 aliphatic carbocycles. The van der Waals surface area contributed by atoms with E-state index in [1.54, 1.807) is 0 Å². The van der Waals surface area contributed by atoms with Gasteiger partial charge in [-0.1, -0.05) is 147 Å². The number of hydrogen-bond donors (Lipinski definition) is 0. The van der Waals surface area contributed by atoms with E-state index < -0.39 is 0 Å². The van der Waals surface area contributed by atoms with Crippen molar-refractivity contribution in [2.24, 2.45) is 0 Å². The lowest BCUT2D eigenvalue weighted by atomic mass is 10.0. The van der Waals surface area contributed by atoms with Gasteiger partial charge in [0, 0.05) is 33.5 Å². The summed E-state index contributed by atoms with van der Waals surface area (Å²) in [6.07, 6.45) is 0. The quantitative estimate of drug-likeness (QED) is 0.175. The smallest absolute Gasteiger partial charge is 0.0540 e. The van der Waals surface area contributed by atoms with E-state index >= 15 is 0 Å². The van der Waals surface area contributed by atoms with Gasteiger partial charge in [-0.05, 0) is 82.6 Å². The molecule has 0 saturated heterocycles. The molecule has 8 aromatic rings. The van der Waals surface area contributed by atoms with Crippen molar-refractivity contribution >= 4 is 55.7 Å². The summed E-state index contributed by atoms with van der Waals surface area (Å²) in [4.78, 5) is 4.69. The summed E-state index contributed by atoms with van der Waals surface area (Å²) in [6, 6.07) is 69.2. The molecular formula is C46H38N2. The van der Waals surface area contributed by atoms with E-state index in [-0.39, 0.29) is 0 Å². The second-order valence-corrected chi connectivity index (χ2v) is 11.4.